The van der Waals surface area contributed by atoms with Crippen LogP contribution in [0.1, 0.15) is 36.8 Å². The van der Waals surface area contributed by atoms with Crippen molar-refractivity contribution in [2.75, 3.05) is 19.9 Å². The second-order valence-electron chi connectivity index (χ2n) is 5.80. The monoisotopic (exact) mass is 311 g/mol. The second-order valence-corrected chi connectivity index (χ2v) is 6.23. The Bertz CT molecular complexity index is 489. The summed E-state index contributed by atoms with van der Waals surface area (Å²) >= 11 is 6.22. The molecule has 1 aromatic rings. The molecule has 0 spiro atoms. The molecule has 1 aliphatic heterocycles. The van der Waals surface area contributed by atoms with Gasteiger partial charge in [-0.05, 0) is 25.0 Å². The highest BCUT2D eigenvalue weighted by Crippen LogP contribution is 2.34. The van der Waals surface area contributed by atoms with Crippen LogP contribution in [-0.2, 0) is 17.9 Å². The standard InChI is InChI=1S/C16H22ClNO3/c17-14-7-12(16-13(8-14)10-20-11-21-16)9-18(5-6-19)15-3-1-2-4-15/h7-8,15,19H,1-6,9-11H2. The van der Waals surface area contributed by atoms with Gasteiger partial charge in [0.25, 0.3) is 0 Å². The highest BCUT2D eigenvalue weighted by molar-refractivity contribution is 6.30. The summed E-state index contributed by atoms with van der Waals surface area (Å²) < 4.78 is 11.0. The summed E-state index contributed by atoms with van der Waals surface area (Å²) in [6.07, 6.45) is 4.99. The van der Waals surface area contributed by atoms with Crippen molar-refractivity contribution >= 4 is 11.6 Å². The van der Waals surface area contributed by atoms with Gasteiger partial charge in [0.15, 0.2) is 6.79 Å². The summed E-state index contributed by atoms with van der Waals surface area (Å²) in [6.45, 7) is 2.50. The van der Waals surface area contributed by atoms with Gasteiger partial charge >= 0.3 is 0 Å². The Kier molecular flexibility index (Phi) is 5.01. The summed E-state index contributed by atoms with van der Waals surface area (Å²) in [6, 6.07) is 4.45. The fraction of sp³-hybridized carbons (Fsp3) is 0.625. The largest absolute Gasteiger partial charge is 0.467 e. The summed E-state index contributed by atoms with van der Waals surface area (Å²) in [5, 5.41) is 10.1. The van der Waals surface area contributed by atoms with Crippen LogP contribution in [0.4, 0.5) is 0 Å². The molecule has 2 aliphatic rings. The minimum Gasteiger partial charge on any atom is -0.467 e. The average molecular weight is 312 g/mol. The van der Waals surface area contributed by atoms with Gasteiger partial charge in [-0.15, -0.1) is 0 Å². The van der Waals surface area contributed by atoms with E-state index in [2.05, 4.69) is 4.90 Å². The molecule has 0 aromatic heterocycles. The van der Waals surface area contributed by atoms with Crippen molar-refractivity contribution in [1.29, 1.82) is 0 Å². The first-order valence-corrected chi connectivity index (χ1v) is 8.02. The van der Waals surface area contributed by atoms with Crippen LogP contribution in [0.5, 0.6) is 5.75 Å². The maximum absolute atomic E-state index is 9.35. The first-order valence-electron chi connectivity index (χ1n) is 7.64. The molecule has 5 heteroatoms. The Morgan fingerprint density at radius 2 is 2.10 bits per heavy atom. The Labute approximate surface area is 130 Å². The van der Waals surface area contributed by atoms with Gasteiger partial charge in [-0.2, -0.15) is 0 Å². The number of hydrogen-bond donors (Lipinski definition) is 1. The van der Waals surface area contributed by atoms with Crippen molar-refractivity contribution in [1.82, 2.24) is 4.90 Å². The van der Waals surface area contributed by atoms with E-state index in [-0.39, 0.29) is 6.61 Å². The van der Waals surface area contributed by atoms with E-state index in [9.17, 15) is 5.11 Å². The molecule has 0 unspecified atom stereocenters. The predicted octanol–water partition coefficient (Wildman–Crippen LogP) is 2.94. The number of ether oxygens (including phenoxy) is 2. The topological polar surface area (TPSA) is 41.9 Å². The molecule has 1 N–H and O–H groups in total. The maximum atomic E-state index is 9.35. The van der Waals surface area contributed by atoms with E-state index in [0.717, 1.165) is 23.4 Å². The fourth-order valence-corrected chi connectivity index (χ4v) is 3.64. The van der Waals surface area contributed by atoms with Crippen molar-refractivity contribution < 1.29 is 14.6 Å². The molecule has 0 amide bonds. The molecule has 116 valence electrons. The Morgan fingerprint density at radius 1 is 1.29 bits per heavy atom. The Balaban J connectivity index is 1.82. The lowest BCUT2D eigenvalue weighted by molar-refractivity contribution is -0.0177. The molecule has 0 radical (unpaired) electrons. The zero-order valence-electron chi connectivity index (χ0n) is 12.2. The van der Waals surface area contributed by atoms with Crippen LogP contribution in [0.15, 0.2) is 12.1 Å². The lowest BCUT2D eigenvalue weighted by atomic mass is 10.1. The van der Waals surface area contributed by atoms with Crippen molar-refractivity contribution in [3.8, 4) is 5.75 Å². The van der Waals surface area contributed by atoms with Crippen LogP contribution < -0.4 is 4.74 Å². The minimum atomic E-state index is 0.184. The van der Waals surface area contributed by atoms with E-state index in [1.165, 1.54) is 25.7 Å². The highest BCUT2D eigenvalue weighted by Gasteiger charge is 2.25. The van der Waals surface area contributed by atoms with Gasteiger partial charge in [0, 0.05) is 35.3 Å². The number of aliphatic hydroxyl groups excluding tert-OH is 1. The van der Waals surface area contributed by atoms with E-state index in [4.69, 9.17) is 21.1 Å². The number of halogens is 1. The van der Waals surface area contributed by atoms with Crippen molar-refractivity contribution in [2.24, 2.45) is 0 Å². The first-order chi connectivity index (χ1) is 10.3. The summed E-state index contributed by atoms with van der Waals surface area (Å²) in [4.78, 5) is 2.36. The molecule has 1 aromatic carbocycles. The normalized spacial score (nSPS) is 18.8. The van der Waals surface area contributed by atoms with E-state index in [1.807, 2.05) is 12.1 Å². The lowest BCUT2D eigenvalue weighted by Gasteiger charge is -2.30. The van der Waals surface area contributed by atoms with Gasteiger partial charge in [-0.1, -0.05) is 24.4 Å². The van der Waals surface area contributed by atoms with Gasteiger partial charge in [-0.3, -0.25) is 4.90 Å². The van der Waals surface area contributed by atoms with E-state index in [1.54, 1.807) is 0 Å². The SMILES string of the molecule is OCCN(Cc1cc(Cl)cc2c1OCOC2)C1CCCC1. The fourth-order valence-electron chi connectivity index (χ4n) is 3.38. The van der Waals surface area contributed by atoms with Gasteiger partial charge < -0.3 is 14.6 Å². The summed E-state index contributed by atoms with van der Waals surface area (Å²) in [5.74, 6) is 0.909. The number of hydrogen-bond acceptors (Lipinski definition) is 4. The molecule has 4 nitrogen and oxygen atoms in total. The molecule has 0 bridgehead atoms. The van der Waals surface area contributed by atoms with Crippen LogP contribution in [0, 0.1) is 0 Å². The molecule has 0 saturated heterocycles. The highest BCUT2D eigenvalue weighted by atomic mass is 35.5. The molecule has 21 heavy (non-hydrogen) atoms. The van der Waals surface area contributed by atoms with Crippen LogP contribution >= 0.6 is 11.6 Å². The zero-order chi connectivity index (χ0) is 14.7. The van der Waals surface area contributed by atoms with Crippen LogP contribution in [0.2, 0.25) is 5.02 Å². The Morgan fingerprint density at radius 3 is 2.86 bits per heavy atom. The number of nitrogens with zero attached hydrogens (tertiary/aromatic N) is 1. The lowest BCUT2D eigenvalue weighted by Crippen LogP contribution is -2.35. The number of fused-ring (bicyclic) bond motifs is 1. The average Bonchev–Trinajstić information content (AvgIpc) is 3.00. The third-order valence-electron chi connectivity index (χ3n) is 4.35. The van der Waals surface area contributed by atoms with Crippen molar-refractivity contribution in [3.05, 3.63) is 28.3 Å². The van der Waals surface area contributed by atoms with Gasteiger partial charge in [0.1, 0.15) is 5.75 Å². The van der Waals surface area contributed by atoms with E-state index in [0.29, 0.717) is 31.0 Å². The minimum absolute atomic E-state index is 0.184. The number of benzene rings is 1. The second kappa shape index (κ2) is 6.97. The van der Waals surface area contributed by atoms with Gasteiger partial charge in [-0.25, -0.2) is 0 Å². The van der Waals surface area contributed by atoms with Crippen molar-refractivity contribution in [2.45, 2.75) is 44.9 Å². The molecule has 3 rings (SSSR count). The zero-order valence-corrected chi connectivity index (χ0v) is 12.9. The quantitative estimate of drug-likeness (QED) is 0.908. The third-order valence-corrected chi connectivity index (χ3v) is 4.57. The van der Waals surface area contributed by atoms with Crippen LogP contribution in [0.3, 0.4) is 0 Å². The molecular formula is C16H22ClNO3. The molecule has 0 atom stereocenters. The summed E-state index contributed by atoms with van der Waals surface area (Å²) in [5.41, 5.74) is 2.11. The van der Waals surface area contributed by atoms with E-state index >= 15 is 0 Å². The maximum Gasteiger partial charge on any atom is 0.189 e. The Hall–Kier alpha value is -0.810. The number of aliphatic hydroxyl groups is 1. The molecule has 1 aliphatic carbocycles. The van der Waals surface area contributed by atoms with Crippen molar-refractivity contribution in [3.63, 3.8) is 0 Å². The van der Waals surface area contributed by atoms with Gasteiger partial charge in [0.05, 0.1) is 13.2 Å². The number of rotatable bonds is 5. The summed E-state index contributed by atoms with van der Waals surface area (Å²) in [7, 11) is 0. The third kappa shape index (κ3) is 3.51. The molecule has 1 heterocycles. The van der Waals surface area contributed by atoms with Crippen LogP contribution in [-0.4, -0.2) is 36.0 Å². The first kappa shape index (κ1) is 15.1. The van der Waals surface area contributed by atoms with Crippen LogP contribution in [0.25, 0.3) is 0 Å². The smallest absolute Gasteiger partial charge is 0.189 e. The molecule has 1 saturated carbocycles. The predicted molar refractivity (Wildman–Crippen MR) is 81.5 cm³/mol. The molecular weight excluding hydrogens is 290 g/mol. The van der Waals surface area contributed by atoms with Gasteiger partial charge in [0.2, 0.25) is 0 Å². The molecule has 1 fully saturated rings. The van der Waals surface area contributed by atoms with E-state index < -0.39 is 0 Å².